The summed E-state index contributed by atoms with van der Waals surface area (Å²) in [7, 11) is 0. The minimum atomic E-state index is -0.646. The maximum atomic E-state index is 12.1. The summed E-state index contributed by atoms with van der Waals surface area (Å²) in [6.07, 6.45) is 3.30. The van der Waals surface area contributed by atoms with Gasteiger partial charge in [-0.3, -0.25) is 4.79 Å². The predicted octanol–water partition coefficient (Wildman–Crippen LogP) is 3.89. The summed E-state index contributed by atoms with van der Waals surface area (Å²) < 4.78 is 0.901. The summed E-state index contributed by atoms with van der Waals surface area (Å²) in [6.45, 7) is 1.87. The van der Waals surface area contributed by atoms with E-state index in [9.17, 15) is 4.79 Å². The Balaban J connectivity index is 1.82. The number of hydrogen-bond donors (Lipinski definition) is 2. The van der Waals surface area contributed by atoms with Gasteiger partial charge >= 0.3 is 0 Å². The molecule has 4 rings (SSSR count). The van der Waals surface area contributed by atoms with Crippen molar-refractivity contribution in [3.63, 3.8) is 0 Å². The number of anilines is 1. The van der Waals surface area contributed by atoms with Gasteiger partial charge in [0.05, 0.1) is 5.39 Å². The topological polar surface area (TPSA) is 80.9 Å². The molecule has 2 heterocycles. The second-order valence-corrected chi connectivity index (χ2v) is 8.19. The Morgan fingerprint density at radius 3 is 2.96 bits per heavy atom. The SMILES string of the molecule is Cc1nc(N[C@@H](C(N)=O)c2cccc(Br)c2)c2c3c(sc2n1)CCC3. The molecule has 128 valence electrons. The molecule has 25 heavy (non-hydrogen) atoms. The third kappa shape index (κ3) is 3.02. The van der Waals surface area contributed by atoms with Crippen molar-refractivity contribution >= 4 is 49.2 Å². The molecule has 1 amide bonds. The van der Waals surface area contributed by atoms with Gasteiger partial charge in [-0.2, -0.15) is 0 Å². The van der Waals surface area contributed by atoms with Gasteiger partial charge in [0.1, 0.15) is 22.5 Å². The van der Waals surface area contributed by atoms with Crippen molar-refractivity contribution in [1.29, 1.82) is 0 Å². The molecule has 0 saturated carbocycles. The van der Waals surface area contributed by atoms with Gasteiger partial charge in [-0.1, -0.05) is 28.1 Å². The number of primary amides is 1. The number of nitrogens with two attached hydrogens (primary N) is 1. The molecule has 0 fully saturated rings. The van der Waals surface area contributed by atoms with E-state index in [0.717, 1.165) is 39.5 Å². The van der Waals surface area contributed by atoms with Gasteiger partial charge in [0.25, 0.3) is 0 Å². The van der Waals surface area contributed by atoms with Crippen LogP contribution in [0.4, 0.5) is 5.82 Å². The summed E-state index contributed by atoms with van der Waals surface area (Å²) in [5.41, 5.74) is 7.80. The van der Waals surface area contributed by atoms with E-state index in [1.807, 2.05) is 31.2 Å². The summed E-state index contributed by atoms with van der Waals surface area (Å²) in [5, 5.41) is 4.33. The number of aromatic nitrogens is 2. The molecule has 3 aromatic rings. The van der Waals surface area contributed by atoms with Crippen molar-refractivity contribution in [1.82, 2.24) is 9.97 Å². The van der Waals surface area contributed by atoms with Crippen LogP contribution in [-0.2, 0) is 17.6 Å². The summed E-state index contributed by atoms with van der Waals surface area (Å²) >= 11 is 5.18. The molecule has 1 aromatic carbocycles. The zero-order valence-electron chi connectivity index (χ0n) is 13.7. The van der Waals surface area contributed by atoms with Gasteiger partial charge in [-0.25, -0.2) is 9.97 Å². The minimum Gasteiger partial charge on any atom is -0.368 e. The molecule has 1 aliphatic rings. The van der Waals surface area contributed by atoms with Crippen LogP contribution in [0.5, 0.6) is 0 Å². The van der Waals surface area contributed by atoms with Crippen LogP contribution < -0.4 is 11.1 Å². The van der Waals surface area contributed by atoms with Crippen LogP contribution in [-0.4, -0.2) is 15.9 Å². The van der Waals surface area contributed by atoms with Gasteiger partial charge in [0, 0.05) is 9.35 Å². The third-order valence-electron chi connectivity index (χ3n) is 4.42. The highest BCUT2D eigenvalue weighted by molar-refractivity contribution is 9.10. The van der Waals surface area contributed by atoms with E-state index in [1.54, 1.807) is 11.3 Å². The molecule has 2 aromatic heterocycles. The first kappa shape index (κ1) is 16.5. The van der Waals surface area contributed by atoms with E-state index >= 15 is 0 Å². The molecular formula is C18H17BrN4OS. The Bertz CT molecular complexity index is 985. The second-order valence-electron chi connectivity index (χ2n) is 6.19. The van der Waals surface area contributed by atoms with Gasteiger partial charge in [-0.15, -0.1) is 11.3 Å². The van der Waals surface area contributed by atoms with Crippen LogP contribution in [0.3, 0.4) is 0 Å². The van der Waals surface area contributed by atoms with Gasteiger partial charge in [0.15, 0.2) is 0 Å². The molecule has 0 aliphatic heterocycles. The van der Waals surface area contributed by atoms with E-state index in [4.69, 9.17) is 5.73 Å². The number of hydrogen-bond acceptors (Lipinski definition) is 5. The molecule has 0 spiro atoms. The van der Waals surface area contributed by atoms with Crippen molar-refractivity contribution in [3.05, 3.63) is 50.6 Å². The maximum Gasteiger partial charge on any atom is 0.244 e. The highest BCUT2D eigenvalue weighted by Gasteiger charge is 2.25. The monoisotopic (exact) mass is 416 g/mol. The Hall–Kier alpha value is -1.99. The first-order valence-corrected chi connectivity index (χ1v) is 9.74. The number of fused-ring (bicyclic) bond motifs is 3. The second kappa shape index (κ2) is 6.38. The fourth-order valence-corrected chi connectivity index (χ4v) is 5.07. The highest BCUT2D eigenvalue weighted by Crippen LogP contribution is 2.40. The molecule has 5 nitrogen and oxygen atoms in total. The average molecular weight is 417 g/mol. The number of nitrogens with one attached hydrogen (secondary N) is 1. The van der Waals surface area contributed by atoms with Gasteiger partial charge in [-0.05, 0) is 49.4 Å². The van der Waals surface area contributed by atoms with E-state index in [-0.39, 0.29) is 0 Å². The fraction of sp³-hybridized carbons (Fsp3) is 0.278. The van der Waals surface area contributed by atoms with Crippen LogP contribution in [0.25, 0.3) is 10.2 Å². The minimum absolute atomic E-state index is 0.436. The molecule has 1 aliphatic carbocycles. The van der Waals surface area contributed by atoms with Crippen LogP contribution in [0.1, 0.15) is 34.3 Å². The number of thiophene rings is 1. The largest absolute Gasteiger partial charge is 0.368 e. The highest BCUT2D eigenvalue weighted by atomic mass is 79.9. The third-order valence-corrected chi connectivity index (χ3v) is 6.10. The quantitative estimate of drug-likeness (QED) is 0.675. The maximum absolute atomic E-state index is 12.1. The molecular weight excluding hydrogens is 400 g/mol. The van der Waals surface area contributed by atoms with Crippen LogP contribution in [0, 0.1) is 6.92 Å². The first-order valence-electron chi connectivity index (χ1n) is 8.13. The lowest BCUT2D eigenvalue weighted by atomic mass is 10.1. The number of carbonyl (C=O) groups is 1. The number of carbonyl (C=O) groups excluding carboxylic acids is 1. The fourth-order valence-electron chi connectivity index (χ4n) is 3.35. The van der Waals surface area contributed by atoms with Crippen molar-refractivity contribution in [2.24, 2.45) is 5.73 Å². The molecule has 0 radical (unpaired) electrons. The molecule has 0 unspecified atom stereocenters. The van der Waals surface area contributed by atoms with E-state index in [2.05, 4.69) is 31.2 Å². The van der Waals surface area contributed by atoms with E-state index < -0.39 is 11.9 Å². The summed E-state index contributed by atoms with van der Waals surface area (Å²) in [5.74, 6) is 0.951. The lowest BCUT2D eigenvalue weighted by Gasteiger charge is -2.18. The number of nitrogens with zero attached hydrogens (tertiary/aromatic N) is 2. The number of amides is 1. The van der Waals surface area contributed by atoms with E-state index in [1.165, 1.54) is 10.4 Å². The van der Waals surface area contributed by atoms with Gasteiger partial charge < -0.3 is 11.1 Å². The number of rotatable bonds is 4. The van der Waals surface area contributed by atoms with Crippen LogP contribution in [0.2, 0.25) is 0 Å². The van der Waals surface area contributed by atoms with Crippen molar-refractivity contribution in [3.8, 4) is 0 Å². The van der Waals surface area contributed by atoms with E-state index in [0.29, 0.717) is 11.6 Å². The van der Waals surface area contributed by atoms with Crippen LogP contribution in [0.15, 0.2) is 28.7 Å². The Morgan fingerprint density at radius 2 is 2.20 bits per heavy atom. The van der Waals surface area contributed by atoms with Crippen molar-refractivity contribution < 1.29 is 4.79 Å². The molecule has 3 N–H and O–H groups in total. The Kier molecular flexibility index (Phi) is 4.21. The molecule has 1 atom stereocenters. The summed E-state index contributed by atoms with van der Waals surface area (Å²) in [4.78, 5) is 23.6. The Labute approximate surface area is 157 Å². The lowest BCUT2D eigenvalue weighted by Crippen LogP contribution is -2.28. The average Bonchev–Trinajstić information content (AvgIpc) is 3.12. The predicted molar refractivity (Wildman–Crippen MR) is 104 cm³/mol. The standard InChI is InChI=1S/C18H17BrN4OS/c1-9-21-17(14-12-6-3-7-13(12)25-18(14)22-9)23-15(16(20)24)10-4-2-5-11(19)8-10/h2,4-5,8,15H,3,6-7H2,1H3,(H2,20,24)(H,21,22,23)/t15-/m1/s1. The molecule has 7 heteroatoms. The first-order chi connectivity index (χ1) is 12.0. The molecule has 0 bridgehead atoms. The molecule has 0 saturated heterocycles. The van der Waals surface area contributed by atoms with Crippen LogP contribution >= 0.6 is 27.3 Å². The van der Waals surface area contributed by atoms with Crippen molar-refractivity contribution in [2.45, 2.75) is 32.2 Å². The van der Waals surface area contributed by atoms with Gasteiger partial charge in [0.2, 0.25) is 5.91 Å². The zero-order valence-corrected chi connectivity index (χ0v) is 16.1. The summed E-state index contributed by atoms with van der Waals surface area (Å²) in [6, 6.07) is 6.94. The number of halogens is 1. The smallest absolute Gasteiger partial charge is 0.244 e. The Morgan fingerprint density at radius 1 is 1.36 bits per heavy atom. The number of benzene rings is 1. The zero-order chi connectivity index (χ0) is 17.6. The number of aryl methyl sites for hydroxylation is 3. The normalized spacial score (nSPS) is 14.5. The van der Waals surface area contributed by atoms with Crippen molar-refractivity contribution in [2.75, 3.05) is 5.32 Å². The lowest BCUT2D eigenvalue weighted by molar-refractivity contribution is -0.118.